The maximum atomic E-state index is 11.7. The summed E-state index contributed by atoms with van der Waals surface area (Å²) in [5.74, 6) is 0.538. The molecule has 17 heavy (non-hydrogen) atoms. The van der Waals surface area contributed by atoms with E-state index in [1.54, 1.807) is 36.2 Å². The van der Waals surface area contributed by atoms with E-state index < -0.39 is 0 Å². The molecular formula is C13H14N2O2. The average Bonchev–Trinajstić information content (AvgIpc) is 3.19. The highest BCUT2D eigenvalue weighted by atomic mass is 16.5. The Morgan fingerprint density at radius 3 is 3.00 bits per heavy atom. The second-order valence-electron chi connectivity index (χ2n) is 4.16. The summed E-state index contributed by atoms with van der Waals surface area (Å²) in [5.41, 5.74) is 0.533. The van der Waals surface area contributed by atoms with E-state index in [-0.39, 0.29) is 12.5 Å². The number of nitrogens with zero attached hydrogens (tertiary/aromatic N) is 2. The number of ether oxygens (including phenoxy) is 1. The highest BCUT2D eigenvalue weighted by Gasteiger charge is 2.29. The molecule has 1 saturated carbocycles. The van der Waals surface area contributed by atoms with E-state index in [4.69, 9.17) is 10.00 Å². The van der Waals surface area contributed by atoms with Crippen LogP contribution in [0.1, 0.15) is 18.4 Å². The second-order valence-corrected chi connectivity index (χ2v) is 4.16. The van der Waals surface area contributed by atoms with E-state index in [1.165, 1.54) is 0 Å². The van der Waals surface area contributed by atoms with Gasteiger partial charge in [0.15, 0.2) is 6.61 Å². The van der Waals surface area contributed by atoms with Gasteiger partial charge in [-0.15, -0.1) is 0 Å². The van der Waals surface area contributed by atoms with Crippen molar-refractivity contribution in [1.82, 2.24) is 4.90 Å². The fraction of sp³-hybridized carbons (Fsp3) is 0.385. The van der Waals surface area contributed by atoms with Gasteiger partial charge in [0.25, 0.3) is 5.91 Å². The minimum Gasteiger partial charge on any atom is -0.484 e. The number of carbonyl (C=O) groups is 1. The third-order valence-electron chi connectivity index (χ3n) is 2.81. The molecule has 0 aliphatic heterocycles. The highest BCUT2D eigenvalue weighted by Crippen LogP contribution is 2.25. The molecule has 0 unspecified atom stereocenters. The largest absolute Gasteiger partial charge is 0.484 e. The third-order valence-corrected chi connectivity index (χ3v) is 2.81. The van der Waals surface area contributed by atoms with Gasteiger partial charge in [0.2, 0.25) is 0 Å². The summed E-state index contributed by atoms with van der Waals surface area (Å²) in [6, 6.07) is 9.24. The first-order chi connectivity index (χ1) is 8.20. The van der Waals surface area contributed by atoms with Gasteiger partial charge in [0.1, 0.15) is 5.75 Å². The fourth-order valence-electron chi connectivity index (χ4n) is 1.57. The lowest BCUT2D eigenvalue weighted by Gasteiger charge is -2.16. The van der Waals surface area contributed by atoms with Gasteiger partial charge < -0.3 is 9.64 Å². The summed E-state index contributed by atoms with van der Waals surface area (Å²) < 4.78 is 5.37. The van der Waals surface area contributed by atoms with E-state index in [9.17, 15) is 4.79 Å². The van der Waals surface area contributed by atoms with Gasteiger partial charge in [-0.2, -0.15) is 5.26 Å². The summed E-state index contributed by atoms with van der Waals surface area (Å²) in [5, 5.41) is 8.73. The third kappa shape index (κ3) is 2.97. The zero-order valence-corrected chi connectivity index (χ0v) is 9.72. The molecule has 88 valence electrons. The Labute approximate surface area is 100 Å². The summed E-state index contributed by atoms with van der Waals surface area (Å²) in [6.45, 7) is 0.0296. The molecule has 0 radical (unpaired) electrons. The van der Waals surface area contributed by atoms with Crippen LogP contribution in [0.15, 0.2) is 24.3 Å². The van der Waals surface area contributed by atoms with E-state index >= 15 is 0 Å². The van der Waals surface area contributed by atoms with Gasteiger partial charge in [-0.05, 0) is 31.0 Å². The van der Waals surface area contributed by atoms with Crippen LogP contribution in [-0.4, -0.2) is 30.5 Å². The molecule has 1 aliphatic carbocycles. The van der Waals surface area contributed by atoms with Crippen molar-refractivity contribution >= 4 is 5.91 Å². The van der Waals surface area contributed by atoms with Crippen LogP contribution in [0.25, 0.3) is 0 Å². The zero-order valence-electron chi connectivity index (χ0n) is 9.72. The maximum absolute atomic E-state index is 11.7. The quantitative estimate of drug-likeness (QED) is 0.788. The van der Waals surface area contributed by atoms with Crippen molar-refractivity contribution in [3.8, 4) is 11.8 Å². The fourth-order valence-corrected chi connectivity index (χ4v) is 1.57. The van der Waals surface area contributed by atoms with Crippen LogP contribution in [0, 0.1) is 11.3 Å². The van der Waals surface area contributed by atoms with Crippen LogP contribution < -0.4 is 4.74 Å². The molecule has 0 aromatic heterocycles. The number of nitriles is 1. The lowest BCUT2D eigenvalue weighted by molar-refractivity contribution is -0.132. The number of hydrogen-bond donors (Lipinski definition) is 0. The molecule has 1 aromatic rings. The number of benzene rings is 1. The number of likely N-dealkylation sites (N-methyl/N-ethyl adjacent to an activating group) is 1. The van der Waals surface area contributed by atoms with Gasteiger partial charge in [0.05, 0.1) is 11.6 Å². The molecule has 4 nitrogen and oxygen atoms in total. The molecule has 0 N–H and O–H groups in total. The SMILES string of the molecule is CN(C(=O)COc1cccc(C#N)c1)C1CC1. The molecule has 0 atom stereocenters. The van der Waals surface area contributed by atoms with Crippen molar-refractivity contribution in [3.05, 3.63) is 29.8 Å². The number of amides is 1. The summed E-state index contributed by atoms with van der Waals surface area (Å²) >= 11 is 0. The minimum absolute atomic E-state index is 0.0186. The molecule has 1 aliphatic rings. The Bertz CT molecular complexity index is 461. The first-order valence-electron chi connectivity index (χ1n) is 5.59. The normalized spacial score (nSPS) is 13.9. The Hall–Kier alpha value is -2.02. The van der Waals surface area contributed by atoms with E-state index in [1.807, 2.05) is 6.07 Å². The van der Waals surface area contributed by atoms with Crippen LogP contribution in [0.4, 0.5) is 0 Å². The molecule has 1 amide bonds. The Morgan fingerprint density at radius 2 is 2.35 bits per heavy atom. The smallest absolute Gasteiger partial charge is 0.260 e. The van der Waals surface area contributed by atoms with Crippen molar-refractivity contribution < 1.29 is 9.53 Å². The molecule has 0 bridgehead atoms. The molecule has 1 aromatic carbocycles. The van der Waals surface area contributed by atoms with Gasteiger partial charge in [-0.1, -0.05) is 6.07 Å². The van der Waals surface area contributed by atoms with Crippen LogP contribution in [0.2, 0.25) is 0 Å². The Kier molecular flexibility index (Phi) is 3.29. The zero-order chi connectivity index (χ0) is 12.3. The van der Waals surface area contributed by atoms with Gasteiger partial charge >= 0.3 is 0 Å². The maximum Gasteiger partial charge on any atom is 0.260 e. The van der Waals surface area contributed by atoms with Crippen LogP contribution in [0.3, 0.4) is 0 Å². The van der Waals surface area contributed by atoms with E-state index in [2.05, 4.69) is 0 Å². The van der Waals surface area contributed by atoms with E-state index in [0.717, 1.165) is 12.8 Å². The molecule has 2 rings (SSSR count). The van der Waals surface area contributed by atoms with Crippen LogP contribution in [-0.2, 0) is 4.79 Å². The highest BCUT2D eigenvalue weighted by molar-refractivity contribution is 5.78. The van der Waals surface area contributed by atoms with Gasteiger partial charge in [-0.3, -0.25) is 4.79 Å². The van der Waals surface area contributed by atoms with E-state index in [0.29, 0.717) is 17.4 Å². The molecule has 0 saturated heterocycles. The van der Waals surface area contributed by atoms with Crippen LogP contribution in [0.5, 0.6) is 5.75 Å². The predicted molar refractivity (Wildman–Crippen MR) is 62.4 cm³/mol. The van der Waals surface area contributed by atoms with Crippen molar-refractivity contribution in [1.29, 1.82) is 5.26 Å². The van der Waals surface area contributed by atoms with Crippen molar-refractivity contribution in [2.24, 2.45) is 0 Å². The number of hydrogen-bond acceptors (Lipinski definition) is 3. The predicted octanol–water partition coefficient (Wildman–Crippen LogP) is 1.56. The molecule has 0 spiro atoms. The second kappa shape index (κ2) is 4.88. The van der Waals surface area contributed by atoms with Gasteiger partial charge in [0, 0.05) is 13.1 Å². The van der Waals surface area contributed by atoms with Crippen LogP contribution >= 0.6 is 0 Å². The average molecular weight is 230 g/mol. The first-order valence-corrected chi connectivity index (χ1v) is 5.59. The van der Waals surface area contributed by atoms with Gasteiger partial charge in [-0.25, -0.2) is 0 Å². The lowest BCUT2D eigenvalue weighted by Crippen LogP contribution is -2.33. The lowest BCUT2D eigenvalue weighted by atomic mass is 10.2. The minimum atomic E-state index is -0.0186. The Morgan fingerprint density at radius 1 is 1.59 bits per heavy atom. The standard InChI is InChI=1S/C13H14N2O2/c1-15(11-5-6-11)13(16)9-17-12-4-2-3-10(7-12)8-14/h2-4,7,11H,5-6,9H2,1H3. The summed E-state index contributed by atoms with van der Waals surface area (Å²) in [4.78, 5) is 13.4. The molecule has 4 heteroatoms. The Balaban J connectivity index is 1.88. The molecule has 1 fully saturated rings. The molecular weight excluding hydrogens is 216 g/mol. The van der Waals surface area contributed by atoms with Crippen molar-refractivity contribution in [2.75, 3.05) is 13.7 Å². The molecule has 0 heterocycles. The first kappa shape index (κ1) is 11.5. The summed E-state index contributed by atoms with van der Waals surface area (Å²) in [6.07, 6.45) is 2.18. The van der Waals surface area contributed by atoms with Crippen molar-refractivity contribution in [3.63, 3.8) is 0 Å². The number of rotatable bonds is 4. The van der Waals surface area contributed by atoms with Crippen molar-refractivity contribution in [2.45, 2.75) is 18.9 Å². The summed E-state index contributed by atoms with van der Waals surface area (Å²) in [7, 11) is 1.80. The number of carbonyl (C=O) groups excluding carboxylic acids is 1. The topological polar surface area (TPSA) is 53.3 Å². The monoisotopic (exact) mass is 230 g/mol.